The van der Waals surface area contributed by atoms with E-state index in [2.05, 4.69) is 24.7 Å². The van der Waals surface area contributed by atoms with E-state index < -0.39 is 28.2 Å². The molecule has 1 aliphatic carbocycles. The second-order valence-corrected chi connectivity index (χ2v) is 11.0. The first-order chi connectivity index (χ1) is 17.5. The summed E-state index contributed by atoms with van der Waals surface area (Å²) in [6, 6.07) is 4.84. The number of alkyl halides is 3. The molecule has 204 valence electrons. The van der Waals surface area contributed by atoms with Crippen molar-refractivity contribution in [2.24, 2.45) is 5.92 Å². The second kappa shape index (κ2) is 11.4. The number of hydrogen-bond acceptors (Lipinski definition) is 8. The van der Waals surface area contributed by atoms with Gasteiger partial charge in [-0.3, -0.25) is 0 Å². The van der Waals surface area contributed by atoms with Gasteiger partial charge in [0.25, 0.3) is 0 Å². The van der Waals surface area contributed by atoms with Crippen molar-refractivity contribution in [3.05, 3.63) is 42.0 Å². The summed E-state index contributed by atoms with van der Waals surface area (Å²) in [6.45, 7) is 1.35. The van der Waals surface area contributed by atoms with Crippen LogP contribution in [0.1, 0.15) is 37.3 Å². The number of morpholine rings is 1. The molecule has 0 unspecified atom stereocenters. The maximum absolute atomic E-state index is 15.5. The lowest BCUT2D eigenvalue weighted by molar-refractivity contribution is -0.274. The molecule has 2 aromatic rings. The molecular formula is C23H29F4N5O4S. The monoisotopic (exact) mass is 547 g/mol. The van der Waals surface area contributed by atoms with E-state index in [1.165, 1.54) is 30.6 Å². The first-order valence-corrected chi connectivity index (χ1v) is 13.8. The van der Waals surface area contributed by atoms with Gasteiger partial charge in [0.1, 0.15) is 12.1 Å². The molecule has 0 spiro atoms. The highest BCUT2D eigenvalue weighted by Gasteiger charge is 2.32. The molecule has 1 aromatic heterocycles. The van der Waals surface area contributed by atoms with Gasteiger partial charge >= 0.3 is 6.36 Å². The predicted octanol–water partition coefficient (Wildman–Crippen LogP) is 3.61. The van der Waals surface area contributed by atoms with Crippen LogP contribution in [-0.4, -0.2) is 63.3 Å². The third-order valence-corrected chi connectivity index (χ3v) is 7.22. The van der Waals surface area contributed by atoms with Gasteiger partial charge in [-0.25, -0.2) is 23.1 Å². The summed E-state index contributed by atoms with van der Waals surface area (Å²) in [7, 11) is -3.25. The molecule has 1 saturated carbocycles. The van der Waals surface area contributed by atoms with Gasteiger partial charge in [0.2, 0.25) is 15.8 Å². The molecule has 1 aromatic carbocycles. The predicted molar refractivity (Wildman–Crippen MR) is 128 cm³/mol. The number of rotatable bonds is 8. The average Bonchev–Trinajstić information content (AvgIpc) is 2.83. The van der Waals surface area contributed by atoms with E-state index in [0.717, 1.165) is 19.1 Å². The molecule has 2 heterocycles. The van der Waals surface area contributed by atoms with Crippen LogP contribution in [0.3, 0.4) is 0 Å². The zero-order valence-electron chi connectivity index (χ0n) is 20.2. The van der Waals surface area contributed by atoms with Crippen molar-refractivity contribution in [1.82, 2.24) is 14.7 Å². The van der Waals surface area contributed by atoms with E-state index in [-0.39, 0.29) is 36.0 Å². The van der Waals surface area contributed by atoms with Crippen LogP contribution in [0.15, 0.2) is 30.6 Å². The summed E-state index contributed by atoms with van der Waals surface area (Å²) < 4.78 is 87.9. The van der Waals surface area contributed by atoms with Crippen molar-refractivity contribution >= 4 is 21.7 Å². The molecule has 2 N–H and O–H groups in total. The summed E-state index contributed by atoms with van der Waals surface area (Å²) >= 11 is 0. The van der Waals surface area contributed by atoms with E-state index in [4.69, 9.17) is 4.74 Å². The first-order valence-electron chi connectivity index (χ1n) is 11.9. The van der Waals surface area contributed by atoms with E-state index in [0.29, 0.717) is 38.1 Å². The SMILES string of the molecule is CS(=O)(=O)N[C@H]1CC[C@H](CNc2ncnc(N3CCOC[C@@H]3c3ccc(OC(F)(F)F)cc3)c2F)CC1. The van der Waals surface area contributed by atoms with Crippen molar-refractivity contribution in [2.75, 3.05) is 42.8 Å². The van der Waals surface area contributed by atoms with Gasteiger partial charge in [0.05, 0.1) is 25.5 Å². The Balaban J connectivity index is 1.42. The summed E-state index contributed by atoms with van der Waals surface area (Å²) in [5, 5.41) is 3.06. The van der Waals surface area contributed by atoms with Crippen molar-refractivity contribution in [1.29, 1.82) is 0 Å². The highest BCUT2D eigenvalue weighted by Crippen LogP contribution is 2.33. The lowest BCUT2D eigenvalue weighted by Crippen LogP contribution is -2.40. The fraction of sp³-hybridized carbons (Fsp3) is 0.565. The Hall–Kier alpha value is -2.71. The molecular weight excluding hydrogens is 518 g/mol. The highest BCUT2D eigenvalue weighted by molar-refractivity contribution is 7.88. The molecule has 0 bridgehead atoms. The molecule has 14 heteroatoms. The average molecular weight is 548 g/mol. The number of aromatic nitrogens is 2. The zero-order valence-corrected chi connectivity index (χ0v) is 21.0. The number of anilines is 2. The van der Waals surface area contributed by atoms with Gasteiger partial charge in [0.15, 0.2) is 11.6 Å². The Morgan fingerprint density at radius 1 is 1.14 bits per heavy atom. The maximum atomic E-state index is 15.5. The molecule has 9 nitrogen and oxygen atoms in total. The number of ether oxygens (including phenoxy) is 2. The van der Waals surface area contributed by atoms with Gasteiger partial charge in [-0.15, -0.1) is 13.2 Å². The van der Waals surface area contributed by atoms with Crippen LogP contribution in [0.25, 0.3) is 0 Å². The van der Waals surface area contributed by atoms with Crippen molar-refractivity contribution in [2.45, 2.75) is 44.1 Å². The quantitative estimate of drug-likeness (QED) is 0.483. The lowest BCUT2D eigenvalue weighted by atomic mass is 9.86. The normalized spacial score (nSPS) is 23.1. The minimum absolute atomic E-state index is 0.0561. The van der Waals surface area contributed by atoms with E-state index in [9.17, 15) is 21.6 Å². The molecule has 0 radical (unpaired) electrons. The van der Waals surface area contributed by atoms with Crippen LogP contribution in [0.4, 0.5) is 29.2 Å². The Bertz CT molecular complexity index is 1160. The smallest absolute Gasteiger partial charge is 0.406 e. The van der Waals surface area contributed by atoms with Crippen LogP contribution in [-0.2, 0) is 14.8 Å². The van der Waals surface area contributed by atoms with Gasteiger partial charge < -0.3 is 19.7 Å². The maximum Gasteiger partial charge on any atom is 0.573 e. The van der Waals surface area contributed by atoms with Crippen molar-refractivity contribution in [3.63, 3.8) is 0 Å². The number of nitrogens with one attached hydrogen (secondary N) is 2. The van der Waals surface area contributed by atoms with Crippen LogP contribution in [0.2, 0.25) is 0 Å². The zero-order chi connectivity index (χ0) is 26.6. The summed E-state index contributed by atoms with van der Waals surface area (Å²) in [5.41, 5.74) is 0.626. The third kappa shape index (κ3) is 7.65. The Labute approximate surface area is 212 Å². The van der Waals surface area contributed by atoms with Gasteiger partial charge in [-0.1, -0.05) is 12.1 Å². The van der Waals surface area contributed by atoms with Crippen LogP contribution >= 0.6 is 0 Å². The largest absolute Gasteiger partial charge is 0.573 e. The van der Waals surface area contributed by atoms with Crippen molar-refractivity contribution < 1.29 is 35.5 Å². The Kier molecular flexibility index (Phi) is 8.39. The lowest BCUT2D eigenvalue weighted by Gasteiger charge is -2.37. The van der Waals surface area contributed by atoms with Gasteiger partial charge in [-0.05, 0) is 49.3 Å². The van der Waals surface area contributed by atoms with Crippen LogP contribution in [0.5, 0.6) is 5.75 Å². The summed E-state index contributed by atoms with van der Waals surface area (Å²) in [4.78, 5) is 9.92. The topological polar surface area (TPSA) is 106 Å². The van der Waals surface area contributed by atoms with Gasteiger partial charge in [0, 0.05) is 19.1 Å². The molecule has 0 amide bonds. The molecule has 2 aliphatic rings. The minimum Gasteiger partial charge on any atom is -0.406 e. The van der Waals surface area contributed by atoms with Crippen LogP contribution in [0, 0.1) is 11.7 Å². The molecule has 1 aliphatic heterocycles. The number of halogens is 4. The second-order valence-electron chi connectivity index (χ2n) is 9.25. The molecule has 1 saturated heterocycles. The van der Waals surface area contributed by atoms with Gasteiger partial charge in [-0.2, -0.15) is 4.39 Å². The molecule has 37 heavy (non-hydrogen) atoms. The Morgan fingerprint density at radius 3 is 2.49 bits per heavy atom. The summed E-state index contributed by atoms with van der Waals surface area (Å²) in [5.74, 6) is -0.605. The molecule has 4 rings (SSSR count). The highest BCUT2D eigenvalue weighted by atomic mass is 32.2. The number of sulfonamides is 1. The first kappa shape index (κ1) is 27.3. The summed E-state index contributed by atoms with van der Waals surface area (Å²) in [6.07, 6.45) is 0.616. The molecule has 1 atom stereocenters. The standard InChI is InChI=1S/C23H29F4N5O4S/c1-37(33,34)31-17-6-2-15(3-7-17)12-28-21-20(24)22(30-14-29-21)32-10-11-35-13-19(32)16-4-8-18(9-5-16)36-23(25,26)27/h4-5,8-9,14-15,17,19,31H,2-3,6-7,10-13H2,1H3,(H,28,29,30)/t15-,17-,19-/m1/s1. The number of hydrogen-bond donors (Lipinski definition) is 2. The van der Waals surface area contributed by atoms with Crippen LogP contribution < -0.4 is 19.7 Å². The minimum atomic E-state index is -4.79. The number of nitrogens with zero attached hydrogens (tertiary/aromatic N) is 3. The number of benzene rings is 1. The Morgan fingerprint density at radius 2 is 1.84 bits per heavy atom. The fourth-order valence-electron chi connectivity index (χ4n) is 4.74. The fourth-order valence-corrected chi connectivity index (χ4v) is 5.58. The van der Waals surface area contributed by atoms with E-state index >= 15 is 4.39 Å². The van der Waals surface area contributed by atoms with Crippen molar-refractivity contribution in [3.8, 4) is 5.75 Å². The van der Waals surface area contributed by atoms with E-state index in [1.807, 2.05) is 0 Å². The van der Waals surface area contributed by atoms with E-state index in [1.54, 1.807) is 4.90 Å². The third-order valence-electron chi connectivity index (χ3n) is 6.46. The molecule has 2 fully saturated rings.